The largest absolute Gasteiger partial charge is 0.534 e. The van der Waals surface area contributed by atoms with Gasteiger partial charge >= 0.3 is 21.7 Å². The Balaban J connectivity index is 1.50. The molecule has 162 valence electrons. The molecule has 0 aromatic heterocycles. The molecule has 0 saturated carbocycles. The Bertz CT molecular complexity index is 958. The van der Waals surface area contributed by atoms with Crippen LogP contribution in [0.25, 0.3) is 0 Å². The van der Waals surface area contributed by atoms with E-state index < -0.39 is 27.5 Å². The molecule has 1 saturated heterocycles. The van der Waals surface area contributed by atoms with Crippen molar-refractivity contribution in [3.63, 3.8) is 0 Å². The number of halogens is 3. The monoisotopic (exact) mass is 444 g/mol. The second-order valence-electron chi connectivity index (χ2n) is 6.49. The predicted octanol–water partition coefficient (Wildman–Crippen LogP) is 3.37. The highest BCUT2D eigenvalue weighted by Gasteiger charge is 2.48. The third-order valence-electron chi connectivity index (χ3n) is 4.43. The molecule has 1 aliphatic heterocycles. The molecule has 1 heterocycles. The molecule has 1 fully saturated rings. The van der Waals surface area contributed by atoms with E-state index in [0.717, 1.165) is 17.7 Å². The van der Waals surface area contributed by atoms with E-state index >= 15 is 0 Å². The zero-order valence-corrected chi connectivity index (χ0v) is 16.5. The van der Waals surface area contributed by atoms with E-state index in [-0.39, 0.29) is 6.61 Å². The highest BCUT2D eigenvalue weighted by atomic mass is 32.2. The molecule has 0 spiro atoms. The molecule has 7 nitrogen and oxygen atoms in total. The van der Waals surface area contributed by atoms with Crippen LogP contribution >= 0.6 is 0 Å². The van der Waals surface area contributed by atoms with E-state index in [2.05, 4.69) is 4.18 Å². The number of alkyl halides is 3. The summed E-state index contributed by atoms with van der Waals surface area (Å²) in [5.74, 6) is -0.431. The number of benzene rings is 2. The van der Waals surface area contributed by atoms with E-state index in [1.54, 1.807) is 4.90 Å². The van der Waals surface area contributed by atoms with Gasteiger partial charge in [0.1, 0.15) is 12.4 Å². The fourth-order valence-electron chi connectivity index (χ4n) is 2.84. The van der Waals surface area contributed by atoms with Gasteiger partial charge in [0.05, 0.1) is 0 Å². The third kappa shape index (κ3) is 5.35. The fourth-order valence-corrected chi connectivity index (χ4v) is 3.30. The average Bonchev–Trinajstić information content (AvgIpc) is 2.72. The summed E-state index contributed by atoms with van der Waals surface area (Å²) in [4.78, 5) is 15.7. The van der Waals surface area contributed by atoms with Crippen LogP contribution < -0.4 is 9.08 Å². The molecule has 0 radical (unpaired) electrons. The summed E-state index contributed by atoms with van der Waals surface area (Å²) >= 11 is 0. The van der Waals surface area contributed by atoms with Crippen molar-refractivity contribution >= 4 is 21.9 Å². The van der Waals surface area contributed by atoms with Gasteiger partial charge in [-0.3, -0.25) is 0 Å². The smallest absolute Gasteiger partial charge is 0.445 e. The lowest BCUT2D eigenvalue weighted by Crippen LogP contribution is -2.48. The van der Waals surface area contributed by atoms with Crippen molar-refractivity contribution in [1.82, 2.24) is 4.90 Å². The summed E-state index contributed by atoms with van der Waals surface area (Å²) in [5.41, 5.74) is -3.93. The van der Waals surface area contributed by atoms with Gasteiger partial charge in [-0.15, -0.1) is 0 Å². The Morgan fingerprint density at radius 3 is 2.10 bits per heavy atom. The molecule has 3 rings (SSSR count). The van der Waals surface area contributed by atoms with Crippen LogP contribution in [0, 0.1) is 0 Å². The lowest BCUT2D eigenvalue weighted by Gasteiger charge is -2.35. The quantitative estimate of drug-likeness (QED) is 0.520. The van der Waals surface area contributed by atoms with Gasteiger partial charge in [-0.2, -0.15) is 21.6 Å². The number of amides is 1. The number of nitrogens with zero attached hydrogens (tertiary/aromatic N) is 2. The summed E-state index contributed by atoms with van der Waals surface area (Å²) in [7, 11) is -5.70. The lowest BCUT2D eigenvalue weighted by molar-refractivity contribution is -0.0500. The zero-order valence-electron chi connectivity index (χ0n) is 15.7. The topological polar surface area (TPSA) is 76.2 Å². The second-order valence-corrected chi connectivity index (χ2v) is 8.03. The van der Waals surface area contributed by atoms with Gasteiger partial charge in [-0.05, 0) is 29.8 Å². The molecular weight excluding hydrogens is 425 g/mol. The normalized spacial score (nSPS) is 15.0. The van der Waals surface area contributed by atoms with E-state index in [9.17, 15) is 26.4 Å². The van der Waals surface area contributed by atoms with Gasteiger partial charge in [0, 0.05) is 31.9 Å². The summed E-state index contributed by atoms with van der Waals surface area (Å²) in [6.07, 6.45) is -0.417. The third-order valence-corrected chi connectivity index (χ3v) is 5.41. The Morgan fingerprint density at radius 2 is 1.53 bits per heavy atom. The minimum Gasteiger partial charge on any atom is -0.445 e. The van der Waals surface area contributed by atoms with Crippen molar-refractivity contribution in [2.45, 2.75) is 12.1 Å². The first-order valence-corrected chi connectivity index (χ1v) is 10.4. The first-order chi connectivity index (χ1) is 14.2. The number of piperazine rings is 1. The minimum atomic E-state index is -5.70. The number of hydrogen-bond donors (Lipinski definition) is 0. The molecule has 11 heteroatoms. The Kier molecular flexibility index (Phi) is 6.40. The minimum absolute atomic E-state index is 0.183. The second kappa shape index (κ2) is 8.82. The van der Waals surface area contributed by atoms with Crippen molar-refractivity contribution < 1.29 is 35.3 Å². The van der Waals surface area contributed by atoms with Gasteiger partial charge in [0.15, 0.2) is 0 Å². The standard InChI is InChI=1S/C19H19F3N2O5S/c20-19(21,22)30(26,27)29-17-8-6-16(7-9-17)23-10-12-24(13-11-23)18(25)28-14-15-4-2-1-3-5-15/h1-9H,10-14H2. The van der Waals surface area contributed by atoms with Crippen LogP contribution in [0.15, 0.2) is 54.6 Å². The molecule has 0 unspecified atom stereocenters. The molecule has 0 N–H and O–H groups in total. The first-order valence-electron chi connectivity index (χ1n) is 8.97. The average molecular weight is 444 g/mol. The van der Waals surface area contributed by atoms with Crippen molar-refractivity contribution in [3.05, 3.63) is 60.2 Å². The number of hydrogen-bond acceptors (Lipinski definition) is 6. The van der Waals surface area contributed by atoms with Crippen LogP contribution in [0.3, 0.4) is 0 Å². The first kappa shape index (κ1) is 21.8. The Labute approximate surface area is 171 Å². The Morgan fingerprint density at radius 1 is 0.933 bits per heavy atom. The molecular formula is C19H19F3N2O5S. The van der Waals surface area contributed by atoms with Gasteiger partial charge in [-0.25, -0.2) is 4.79 Å². The highest BCUT2D eigenvalue weighted by Crippen LogP contribution is 2.28. The number of carbonyl (C=O) groups is 1. The SMILES string of the molecule is O=C(OCc1ccccc1)N1CCN(c2ccc(OS(=O)(=O)C(F)(F)F)cc2)CC1. The molecule has 1 amide bonds. The van der Waals surface area contributed by atoms with E-state index in [1.165, 1.54) is 12.1 Å². The van der Waals surface area contributed by atoms with Gasteiger partial charge in [-0.1, -0.05) is 30.3 Å². The summed E-state index contributed by atoms with van der Waals surface area (Å²) in [6, 6.07) is 14.5. The van der Waals surface area contributed by atoms with Crippen LogP contribution in [0.5, 0.6) is 5.75 Å². The highest BCUT2D eigenvalue weighted by molar-refractivity contribution is 7.88. The van der Waals surface area contributed by atoms with E-state index in [4.69, 9.17) is 4.74 Å². The number of carbonyl (C=O) groups excluding carboxylic acids is 1. The molecule has 0 aliphatic carbocycles. The van der Waals surface area contributed by atoms with Gasteiger partial charge < -0.3 is 18.7 Å². The molecule has 0 atom stereocenters. The van der Waals surface area contributed by atoms with Crippen LogP contribution in [0.4, 0.5) is 23.7 Å². The summed E-state index contributed by atoms with van der Waals surface area (Å²) in [6.45, 7) is 1.98. The summed E-state index contributed by atoms with van der Waals surface area (Å²) < 4.78 is 68.6. The van der Waals surface area contributed by atoms with Gasteiger partial charge in [0.2, 0.25) is 0 Å². The molecule has 2 aromatic rings. The lowest BCUT2D eigenvalue weighted by atomic mass is 10.2. The van der Waals surface area contributed by atoms with Gasteiger partial charge in [0.25, 0.3) is 0 Å². The predicted molar refractivity (Wildman–Crippen MR) is 102 cm³/mol. The van der Waals surface area contributed by atoms with Crippen molar-refractivity contribution in [1.29, 1.82) is 0 Å². The summed E-state index contributed by atoms with van der Waals surface area (Å²) in [5, 5.41) is 0. The van der Waals surface area contributed by atoms with Crippen LogP contribution in [0.1, 0.15) is 5.56 Å². The van der Waals surface area contributed by atoms with Crippen molar-refractivity contribution in [2.75, 3.05) is 31.1 Å². The molecule has 0 bridgehead atoms. The van der Waals surface area contributed by atoms with Crippen LogP contribution in [-0.4, -0.2) is 51.1 Å². The molecule has 2 aromatic carbocycles. The number of ether oxygens (including phenoxy) is 1. The molecule has 30 heavy (non-hydrogen) atoms. The van der Waals surface area contributed by atoms with Crippen LogP contribution in [-0.2, 0) is 21.5 Å². The van der Waals surface area contributed by atoms with E-state index in [0.29, 0.717) is 31.9 Å². The maximum Gasteiger partial charge on any atom is 0.534 e. The van der Waals surface area contributed by atoms with E-state index in [1.807, 2.05) is 35.2 Å². The van der Waals surface area contributed by atoms with Crippen molar-refractivity contribution in [2.24, 2.45) is 0 Å². The van der Waals surface area contributed by atoms with Crippen molar-refractivity contribution in [3.8, 4) is 5.75 Å². The Hall–Kier alpha value is -2.95. The maximum atomic E-state index is 12.4. The number of anilines is 1. The maximum absolute atomic E-state index is 12.4. The molecule has 1 aliphatic rings. The zero-order chi connectivity index (χ0) is 21.8. The fraction of sp³-hybridized carbons (Fsp3) is 0.316. The van der Waals surface area contributed by atoms with Crippen LogP contribution in [0.2, 0.25) is 0 Å². The number of rotatable bonds is 5.